The van der Waals surface area contributed by atoms with E-state index in [1.165, 1.54) is 5.56 Å². The Morgan fingerprint density at radius 2 is 2.05 bits per heavy atom. The monoisotopic (exact) mass is 271 g/mol. The highest BCUT2D eigenvalue weighted by atomic mass is 16.1. The number of carbonyl (C=O) groups excluding carboxylic acids is 1. The van der Waals surface area contributed by atoms with Gasteiger partial charge >= 0.3 is 0 Å². The van der Waals surface area contributed by atoms with Gasteiger partial charge in [-0.25, -0.2) is 0 Å². The van der Waals surface area contributed by atoms with Gasteiger partial charge in [-0.3, -0.25) is 4.79 Å². The molecule has 0 aliphatic rings. The number of aryl methyl sites for hydroxylation is 1. The lowest BCUT2D eigenvalue weighted by Gasteiger charge is -2.14. The highest BCUT2D eigenvalue weighted by molar-refractivity contribution is 5.95. The van der Waals surface area contributed by atoms with Crippen molar-refractivity contribution < 1.29 is 4.79 Å². The highest BCUT2D eigenvalue weighted by Crippen LogP contribution is 2.22. The molecule has 0 radical (unpaired) electrons. The van der Waals surface area contributed by atoms with E-state index < -0.39 is 0 Å². The van der Waals surface area contributed by atoms with Crippen molar-refractivity contribution in [2.75, 3.05) is 0 Å². The van der Waals surface area contributed by atoms with E-state index in [9.17, 15) is 4.79 Å². The fourth-order valence-corrected chi connectivity index (χ4v) is 2.16. The van der Waals surface area contributed by atoms with Gasteiger partial charge in [-0.15, -0.1) is 0 Å². The fraction of sp³-hybridized carbons (Fsp3) is 0.389. The smallest absolute Gasteiger partial charge is 0.159 e. The van der Waals surface area contributed by atoms with Gasteiger partial charge in [-0.2, -0.15) is 0 Å². The molecule has 1 aromatic rings. The van der Waals surface area contributed by atoms with Crippen molar-refractivity contribution in [1.29, 1.82) is 0 Å². The maximum absolute atomic E-state index is 11.6. The molecule has 0 fully saturated rings. The number of carbonyl (C=O) groups is 1. The van der Waals surface area contributed by atoms with E-state index in [1.807, 2.05) is 31.3 Å². The van der Waals surface area contributed by atoms with Crippen LogP contribution in [-0.4, -0.2) is 5.78 Å². The molecule has 0 saturated carbocycles. The molecule has 2 nitrogen and oxygen atoms in total. The van der Waals surface area contributed by atoms with Crippen LogP contribution >= 0.6 is 0 Å². The largest absolute Gasteiger partial charge is 0.362 e. The number of hydrogen-bond donors (Lipinski definition) is 1. The van der Waals surface area contributed by atoms with Gasteiger partial charge in [-0.05, 0) is 44.5 Å². The predicted molar refractivity (Wildman–Crippen MR) is 86.7 cm³/mol. The third-order valence-corrected chi connectivity index (χ3v) is 3.14. The molecule has 0 amide bonds. The average Bonchev–Trinajstić information content (AvgIpc) is 2.44. The molecular weight excluding hydrogens is 246 g/mol. The van der Waals surface area contributed by atoms with Crippen LogP contribution in [0.4, 0.5) is 0 Å². The summed E-state index contributed by atoms with van der Waals surface area (Å²) in [4.78, 5) is 11.6. The summed E-state index contributed by atoms with van der Waals surface area (Å²) in [7, 11) is 0. The van der Waals surface area contributed by atoms with Crippen molar-refractivity contribution in [3.63, 3.8) is 0 Å². The van der Waals surface area contributed by atoms with E-state index in [2.05, 4.69) is 31.3 Å². The zero-order chi connectivity index (χ0) is 15.0. The Balaban J connectivity index is 3.30. The van der Waals surface area contributed by atoms with Gasteiger partial charge in [-0.1, -0.05) is 44.6 Å². The molecule has 1 N–H and O–H groups in total. The van der Waals surface area contributed by atoms with E-state index in [-0.39, 0.29) is 5.78 Å². The average molecular weight is 271 g/mol. The summed E-state index contributed by atoms with van der Waals surface area (Å²) in [6, 6.07) is 6.01. The summed E-state index contributed by atoms with van der Waals surface area (Å²) in [5, 5.41) is 3.32. The first-order valence-corrected chi connectivity index (χ1v) is 7.36. The predicted octanol–water partition coefficient (Wildman–Crippen LogP) is 4.72. The van der Waals surface area contributed by atoms with Gasteiger partial charge in [0.2, 0.25) is 0 Å². The third kappa shape index (κ3) is 4.37. The minimum atomic E-state index is 0.108. The second-order valence-electron chi connectivity index (χ2n) is 4.85. The molecule has 20 heavy (non-hydrogen) atoms. The number of Topliss-reactive ketones (excluding diaryl/α,β-unsaturated/α-hetero) is 1. The molecule has 0 aliphatic carbocycles. The molecule has 0 bridgehead atoms. The van der Waals surface area contributed by atoms with Gasteiger partial charge in [0.1, 0.15) is 0 Å². The molecule has 0 atom stereocenters. The van der Waals surface area contributed by atoms with Gasteiger partial charge in [0.25, 0.3) is 0 Å². The van der Waals surface area contributed by atoms with Crippen molar-refractivity contribution in [1.82, 2.24) is 5.32 Å². The summed E-state index contributed by atoms with van der Waals surface area (Å²) in [5.41, 5.74) is 4.27. The molecule has 2 heteroatoms. The quantitative estimate of drug-likeness (QED) is 0.727. The molecule has 0 unspecified atom stereocenters. The van der Waals surface area contributed by atoms with Crippen LogP contribution in [0.2, 0.25) is 0 Å². The SMILES string of the molecule is C/C=C\N/C(=C\CC)c1cc(C(C)=O)ccc1CCC. The van der Waals surface area contributed by atoms with Gasteiger partial charge in [0, 0.05) is 16.8 Å². The second-order valence-corrected chi connectivity index (χ2v) is 4.85. The Bertz CT molecular complexity index is 512. The molecule has 0 aliphatic heterocycles. The van der Waals surface area contributed by atoms with E-state index in [0.717, 1.165) is 36.1 Å². The second kappa shape index (κ2) is 8.36. The number of hydrogen-bond acceptors (Lipinski definition) is 2. The minimum absolute atomic E-state index is 0.108. The van der Waals surface area contributed by atoms with Crippen LogP contribution < -0.4 is 5.32 Å². The molecule has 108 valence electrons. The normalized spacial score (nSPS) is 11.9. The van der Waals surface area contributed by atoms with Crippen molar-refractivity contribution in [3.8, 4) is 0 Å². The van der Waals surface area contributed by atoms with Crippen LogP contribution in [0.5, 0.6) is 0 Å². The zero-order valence-electron chi connectivity index (χ0n) is 13.0. The first-order valence-electron chi connectivity index (χ1n) is 7.36. The van der Waals surface area contributed by atoms with Crippen LogP contribution in [0, 0.1) is 0 Å². The Morgan fingerprint density at radius 3 is 2.60 bits per heavy atom. The lowest BCUT2D eigenvalue weighted by molar-refractivity contribution is 0.101. The Labute approximate surface area is 122 Å². The Kier molecular flexibility index (Phi) is 6.78. The molecule has 1 aromatic carbocycles. The first-order chi connectivity index (χ1) is 9.63. The van der Waals surface area contributed by atoms with Gasteiger partial charge in [0.15, 0.2) is 5.78 Å². The molecule has 1 rings (SSSR count). The lowest BCUT2D eigenvalue weighted by Crippen LogP contribution is -2.08. The molecule has 0 spiro atoms. The fourth-order valence-electron chi connectivity index (χ4n) is 2.16. The number of benzene rings is 1. The maximum Gasteiger partial charge on any atom is 0.159 e. The number of allylic oxidation sites excluding steroid dienone is 2. The molecule has 0 heterocycles. The highest BCUT2D eigenvalue weighted by Gasteiger charge is 2.09. The zero-order valence-corrected chi connectivity index (χ0v) is 13.0. The topological polar surface area (TPSA) is 29.1 Å². The van der Waals surface area contributed by atoms with Gasteiger partial charge in [0.05, 0.1) is 0 Å². The van der Waals surface area contributed by atoms with Gasteiger partial charge < -0.3 is 5.32 Å². The van der Waals surface area contributed by atoms with E-state index >= 15 is 0 Å². The van der Waals surface area contributed by atoms with Crippen LogP contribution in [0.25, 0.3) is 5.70 Å². The van der Waals surface area contributed by atoms with Crippen molar-refractivity contribution in [3.05, 3.63) is 53.2 Å². The number of ketones is 1. The maximum atomic E-state index is 11.6. The first kappa shape index (κ1) is 16.2. The lowest BCUT2D eigenvalue weighted by atomic mass is 9.96. The van der Waals surface area contributed by atoms with E-state index in [0.29, 0.717) is 0 Å². The summed E-state index contributed by atoms with van der Waals surface area (Å²) < 4.78 is 0. The van der Waals surface area contributed by atoms with Crippen molar-refractivity contribution in [2.45, 2.75) is 47.0 Å². The van der Waals surface area contributed by atoms with Crippen LogP contribution in [0.15, 0.2) is 36.6 Å². The summed E-state index contributed by atoms with van der Waals surface area (Å²) in [6.07, 6.45) is 9.13. The minimum Gasteiger partial charge on any atom is -0.362 e. The van der Waals surface area contributed by atoms with Crippen LogP contribution in [-0.2, 0) is 6.42 Å². The summed E-state index contributed by atoms with van der Waals surface area (Å²) in [6.45, 7) is 7.88. The van der Waals surface area contributed by atoms with Crippen molar-refractivity contribution in [2.24, 2.45) is 0 Å². The summed E-state index contributed by atoms with van der Waals surface area (Å²) >= 11 is 0. The molecular formula is C18H25NO. The number of rotatable bonds is 7. The third-order valence-electron chi connectivity index (χ3n) is 3.14. The van der Waals surface area contributed by atoms with Crippen molar-refractivity contribution >= 4 is 11.5 Å². The number of nitrogens with one attached hydrogen (secondary N) is 1. The molecule has 0 aromatic heterocycles. The standard InChI is InChI=1S/C18H25NO/c1-5-8-15-10-11-16(14(4)20)13-17(15)18(9-6-2)19-12-7-3/h7,9-13,19H,5-6,8H2,1-4H3/b12-7-,18-9-. The Morgan fingerprint density at radius 1 is 1.30 bits per heavy atom. The van der Waals surface area contributed by atoms with E-state index in [1.54, 1.807) is 6.92 Å². The molecule has 0 saturated heterocycles. The Hall–Kier alpha value is -1.83. The van der Waals surface area contributed by atoms with Crippen LogP contribution in [0.3, 0.4) is 0 Å². The summed E-state index contributed by atoms with van der Waals surface area (Å²) in [5.74, 6) is 0.108. The van der Waals surface area contributed by atoms with E-state index in [4.69, 9.17) is 0 Å². The van der Waals surface area contributed by atoms with Crippen LogP contribution in [0.1, 0.15) is 62.0 Å².